The van der Waals surface area contributed by atoms with Crippen LogP contribution in [0.5, 0.6) is 0 Å². The van der Waals surface area contributed by atoms with E-state index in [2.05, 4.69) is 13.2 Å². The number of esters is 1. The molecule has 3 saturated heterocycles. The highest BCUT2D eigenvalue weighted by molar-refractivity contribution is 6.30. The van der Waals surface area contributed by atoms with Gasteiger partial charge in [0.05, 0.1) is 37.2 Å². The minimum atomic E-state index is -1.22. The maximum Gasteiger partial charge on any atom is 0.312 e. The number of carbonyl (C=O) groups excluding carboxylic acids is 3. The number of hydrogen-bond acceptors (Lipinski definition) is 6. The normalized spacial score (nSPS) is 26.2. The second kappa shape index (κ2) is 13.5. The number of hydrogen-bond donors (Lipinski definition) is 1. The summed E-state index contributed by atoms with van der Waals surface area (Å²) in [4.78, 5) is 45.7. The first-order valence-electron chi connectivity index (χ1n) is 15.0. The number of allylic oxidation sites excluding steroid dienone is 1. The largest absolute Gasteiger partial charge is 0.465 e. The third-order valence-electron chi connectivity index (χ3n) is 8.93. The number of aliphatic hydroxyl groups excluding tert-OH is 1. The van der Waals surface area contributed by atoms with E-state index in [0.717, 1.165) is 18.4 Å². The van der Waals surface area contributed by atoms with Crippen LogP contribution in [0.25, 0.3) is 0 Å². The molecule has 2 aromatic carbocycles. The van der Waals surface area contributed by atoms with E-state index in [0.29, 0.717) is 36.4 Å². The fourth-order valence-corrected chi connectivity index (χ4v) is 7.17. The molecule has 2 amide bonds. The lowest BCUT2D eigenvalue weighted by Crippen LogP contribution is -2.59. The average Bonchev–Trinajstić information content (AvgIpc) is 3.66. The number of carbonyl (C=O) groups is 3. The van der Waals surface area contributed by atoms with Crippen molar-refractivity contribution < 1.29 is 29.0 Å². The van der Waals surface area contributed by atoms with Gasteiger partial charge in [-0.25, -0.2) is 0 Å². The summed E-state index contributed by atoms with van der Waals surface area (Å²) in [6.45, 7) is 7.63. The summed E-state index contributed by atoms with van der Waals surface area (Å²) in [7, 11) is 0. The van der Waals surface area contributed by atoms with Crippen LogP contribution < -0.4 is 4.90 Å². The molecular formula is C34H39ClN2O6. The second-order valence-electron chi connectivity index (χ2n) is 11.5. The van der Waals surface area contributed by atoms with E-state index in [4.69, 9.17) is 21.1 Å². The number of fused-ring (bicyclic) bond motifs is 1. The maximum atomic E-state index is 14.7. The third-order valence-corrected chi connectivity index (χ3v) is 9.18. The highest BCUT2D eigenvalue weighted by Gasteiger charge is 2.75. The molecule has 2 bridgehead atoms. The van der Waals surface area contributed by atoms with E-state index in [1.54, 1.807) is 35.2 Å². The molecule has 0 radical (unpaired) electrons. The zero-order chi connectivity index (χ0) is 30.6. The Morgan fingerprint density at radius 1 is 1.14 bits per heavy atom. The van der Waals surface area contributed by atoms with E-state index in [1.807, 2.05) is 36.4 Å². The second-order valence-corrected chi connectivity index (χ2v) is 11.9. The standard InChI is InChI=1S/C34H39ClN2O6/c1-3-5-6-10-20-42-33(41)28-27-17-18-34(43-27)29(28)31(39)37(26(22-38)21-23-11-8-7-9-12-23)30(34)32(40)36(19-4-2)25-15-13-24(35)14-16-25/h3-4,7-9,11-16,26-30,38H,1-2,5-6,10,17-22H2/t26-,27-,28+,29+,30?,34?/m1/s1. The zero-order valence-electron chi connectivity index (χ0n) is 24.3. The first-order valence-corrected chi connectivity index (χ1v) is 15.3. The summed E-state index contributed by atoms with van der Waals surface area (Å²) < 4.78 is 12.2. The molecule has 3 heterocycles. The Bertz CT molecular complexity index is 1330. The number of nitrogens with zero attached hydrogens (tertiary/aromatic N) is 2. The fourth-order valence-electron chi connectivity index (χ4n) is 7.05. The SMILES string of the molecule is C=CCCCCOC(=O)[C@@H]1[C@H]2C(=O)N([C@@H](CO)Cc3ccccc3)C(C(=O)N(CC=C)c3ccc(Cl)cc3)C23CC[C@H]1O3. The van der Waals surface area contributed by atoms with Gasteiger partial charge in [0, 0.05) is 17.3 Å². The van der Waals surface area contributed by atoms with Crippen LogP contribution in [0, 0.1) is 11.8 Å². The van der Waals surface area contributed by atoms with E-state index >= 15 is 0 Å². The molecule has 3 aliphatic heterocycles. The van der Waals surface area contributed by atoms with E-state index in [9.17, 15) is 19.5 Å². The number of benzene rings is 2. The van der Waals surface area contributed by atoms with Crippen molar-refractivity contribution in [3.05, 3.63) is 90.5 Å². The Balaban J connectivity index is 1.52. The smallest absolute Gasteiger partial charge is 0.312 e. The number of ether oxygens (including phenoxy) is 2. The highest BCUT2D eigenvalue weighted by atomic mass is 35.5. The third kappa shape index (κ3) is 5.88. The van der Waals surface area contributed by atoms with Crippen LogP contribution in [0.3, 0.4) is 0 Å². The predicted molar refractivity (Wildman–Crippen MR) is 164 cm³/mol. The van der Waals surface area contributed by atoms with Gasteiger partial charge in [0.2, 0.25) is 5.91 Å². The highest BCUT2D eigenvalue weighted by Crippen LogP contribution is 2.59. The molecule has 1 spiro atoms. The molecule has 0 aliphatic carbocycles. The topological polar surface area (TPSA) is 96.4 Å². The minimum absolute atomic E-state index is 0.182. The van der Waals surface area contributed by atoms with Crippen LogP contribution in [-0.4, -0.2) is 71.3 Å². The predicted octanol–water partition coefficient (Wildman–Crippen LogP) is 4.74. The summed E-state index contributed by atoms with van der Waals surface area (Å²) in [5.41, 5.74) is 0.283. The van der Waals surface area contributed by atoms with Crippen molar-refractivity contribution in [3.63, 3.8) is 0 Å². The van der Waals surface area contributed by atoms with Gasteiger partial charge in [0.15, 0.2) is 0 Å². The van der Waals surface area contributed by atoms with Gasteiger partial charge in [-0.3, -0.25) is 14.4 Å². The average molecular weight is 607 g/mol. The molecule has 228 valence electrons. The molecule has 8 nitrogen and oxygen atoms in total. The molecule has 5 rings (SSSR count). The maximum absolute atomic E-state index is 14.7. The van der Waals surface area contributed by atoms with Crippen LogP contribution in [0.1, 0.15) is 37.7 Å². The molecular weight excluding hydrogens is 568 g/mol. The van der Waals surface area contributed by atoms with Gasteiger partial charge in [0.1, 0.15) is 11.6 Å². The van der Waals surface area contributed by atoms with Gasteiger partial charge in [-0.15, -0.1) is 13.2 Å². The Labute approximate surface area is 257 Å². The molecule has 3 aliphatic rings. The molecule has 2 aromatic rings. The van der Waals surface area contributed by atoms with Gasteiger partial charge in [0.25, 0.3) is 5.91 Å². The van der Waals surface area contributed by atoms with Crippen molar-refractivity contribution in [3.8, 4) is 0 Å². The summed E-state index contributed by atoms with van der Waals surface area (Å²) in [6.07, 6.45) is 6.60. The number of anilines is 1. The number of rotatable bonds is 14. The van der Waals surface area contributed by atoms with Crippen molar-refractivity contribution in [2.45, 2.75) is 62.3 Å². The number of amides is 2. The number of halogens is 1. The first-order chi connectivity index (χ1) is 20.9. The number of aliphatic hydroxyl groups is 1. The number of unbranched alkanes of at least 4 members (excludes halogenated alkanes) is 2. The summed E-state index contributed by atoms with van der Waals surface area (Å²) in [6, 6.07) is 14.6. The van der Waals surface area contributed by atoms with Crippen molar-refractivity contribution in [1.82, 2.24) is 4.90 Å². The van der Waals surface area contributed by atoms with Crippen LogP contribution in [-0.2, 0) is 30.3 Å². The lowest BCUT2D eigenvalue weighted by atomic mass is 9.70. The zero-order valence-corrected chi connectivity index (χ0v) is 25.0. The van der Waals surface area contributed by atoms with Crippen LogP contribution in [0.4, 0.5) is 5.69 Å². The summed E-state index contributed by atoms with van der Waals surface area (Å²) in [5.74, 6) is -2.90. The van der Waals surface area contributed by atoms with Gasteiger partial charge in [-0.05, 0) is 68.4 Å². The monoisotopic (exact) mass is 606 g/mol. The molecule has 6 atom stereocenters. The Morgan fingerprint density at radius 2 is 1.88 bits per heavy atom. The van der Waals surface area contributed by atoms with Gasteiger partial charge in [-0.1, -0.05) is 54.1 Å². The molecule has 3 fully saturated rings. The molecule has 43 heavy (non-hydrogen) atoms. The van der Waals surface area contributed by atoms with Crippen molar-refractivity contribution in [1.29, 1.82) is 0 Å². The Morgan fingerprint density at radius 3 is 2.56 bits per heavy atom. The van der Waals surface area contributed by atoms with E-state index in [-0.39, 0.29) is 31.6 Å². The van der Waals surface area contributed by atoms with Crippen molar-refractivity contribution in [2.75, 3.05) is 24.7 Å². The van der Waals surface area contributed by atoms with Gasteiger partial charge >= 0.3 is 5.97 Å². The summed E-state index contributed by atoms with van der Waals surface area (Å²) in [5, 5.41) is 11.2. The quantitative estimate of drug-likeness (QED) is 0.190. The number of likely N-dealkylation sites (tertiary alicyclic amines) is 1. The molecule has 0 saturated carbocycles. The lowest BCUT2D eigenvalue weighted by Gasteiger charge is -2.39. The van der Waals surface area contributed by atoms with E-state index in [1.165, 1.54) is 4.90 Å². The van der Waals surface area contributed by atoms with Gasteiger partial charge in [-0.2, -0.15) is 0 Å². The van der Waals surface area contributed by atoms with Crippen molar-refractivity contribution >= 4 is 35.1 Å². The van der Waals surface area contributed by atoms with Crippen LogP contribution in [0.15, 0.2) is 79.9 Å². The van der Waals surface area contributed by atoms with E-state index < -0.39 is 41.6 Å². The Hall–Kier alpha value is -3.46. The summed E-state index contributed by atoms with van der Waals surface area (Å²) >= 11 is 6.14. The molecule has 2 unspecified atom stereocenters. The fraction of sp³-hybridized carbons (Fsp3) is 0.441. The molecule has 1 N–H and O–H groups in total. The first kappa shape index (κ1) is 31.0. The molecule has 0 aromatic heterocycles. The van der Waals surface area contributed by atoms with Crippen LogP contribution in [0.2, 0.25) is 5.02 Å². The van der Waals surface area contributed by atoms with Gasteiger partial charge < -0.3 is 24.4 Å². The lowest BCUT2D eigenvalue weighted by molar-refractivity contribution is -0.156. The minimum Gasteiger partial charge on any atom is -0.465 e. The van der Waals surface area contributed by atoms with Crippen molar-refractivity contribution in [2.24, 2.45) is 11.8 Å². The Kier molecular flexibility index (Phi) is 9.69. The molecule has 9 heteroatoms. The van der Waals surface area contributed by atoms with Crippen LogP contribution >= 0.6 is 11.6 Å².